The van der Waals surface area contributed by atoms with Crippen LogP contribution in [0.15, 0.2) is 60.8 Å². The van der Waals surface area contributed by atoms with E-state index in [1.54, 1.807) is 20.2 Å². The summed E-state index contributed by atoms with van der Waals surface area (Å²) in [6, 6.07) is 16.0. The molecule has 314 valence electrons. The van der Waals surface area contributed by atoms with Crippen LogP contribution in [-0.2, 0) is 24.7 Å². The topological polar surface area (TPSA) is 263 Å². The van der Waals surface area contributed by atoms with Crippen molar-refractivity contribution >= 4 is 34.8 Å². The average molecular weight is 798 g/mol. The molecule has 3 amide bonds. The zero-order valence-electron chi connectivity index (χ0n) is 33.2. The summed E-state index contributed by atoms with van der Waals surface area (Å²) in [6.45, 7) is 7.78. The molecule has 11 N–H and O–H groups in total. The molecule has 2 aliphatic rings. The Balaban J connectivity index is 0.000000476. The van der Waals surface area contributed by atoms with Crippen LogP contribution < -0.4 is 21.3 Å². The predicted octanol–water partition coefficient (Wildman–Crippen LogP) is 1.80. The van der Waals surface area contributed by atoms with Crippen LogP contribution in [-0.4, -0.2) is 117 Å². The first-order valence-electron chi connectivity index (χ1n) is 19.3. The van der Waals surface area contributed by atoms with Crippen LogP contribution >= 0.6 is 0 Å². The molecule has 3 aromatic rings. The van der Waals surface area contributed by atoms with Crippen molar-refractivity contribution in [2.75, 3.05) is 26.7 Å². The number of benzene rings is 2. The summed E-state index contributed by atoms with van der Waals surface area (Å²) >= 11 is 0. The molecule has 0 saturated heterocycles. The fourth-order valence-electron chi connectivity index (χ4n) is 8.09. The Hall–Kier alpha value is -4.58. The van der Waals surface area contributed by atoms with Crippen LogP contribution in [0, 0.1) is 16.7 Å². The zero-order chi connectivity index (χ0) is 42.1. The molecule has 16 heteroatoms. The van der Waals surface area contributed by atoms with Crippen molar-refractivity contribution in [1.29, 1.82) is 0 Å². The molecular formula is C41H59N5O11. The predicted molar refractivity (Wildman–Crippen MR) is 211 cm³/mol. The number of carbonyl (C=O) groups is 4. The van der Waals surface area contributed by atoms with Gasteiger partial charge in [0.2, 0.25) is 11.8 Å². The number of amides is 3. The number of para-hydroxylation sites is 1. The van der Waals surface area contributed by atoms with Gasteiger partial charge in [-0.25, -0.2) is 4.79 Å². The van der Waals surface area contributed by atoms with Gasteiger partial charge in [0.15, 0.2) is 0 Å². The van der Waals surface area contributed by atoms with Crippen molar-refractivity contribution in [3.63, 3.8) is 0 Å². The molecule has 1 heterocycles. The van der Waals surface area contributed by atoms with Crippen LogP contribution in [0.1, 0.15) is 77.0 Å². The largest absolute Gasteiger partial charge is 0.481 e. The molecule has 16 nitrogen and oxygen atoms in total. The van der Waals surface area contributed by atoms with Gasteiger partial charge in [-0.3, -0.25) is 14.4 Å². The molecule has 2 aromatic carbocycles. The molecule has 2 bridgehead atoms. The SMILES string of the molecule is CC1(C)[C@H]2CC[C@]1(C)[C@H](OC(=O)N[C@@](C)(C(=O)NC[C@H](NC(=O)CCC(=O)O)c1ccccc1)c1c[nH]c3ccccc13)C2.CNC[C@H](O)[C@@H](O)[C@H](O)[C@H](O)CO. The smallest absolute Gasteiger partial charge is 0.408 e. The first-order chi connectivity index (χ1) is 26.9. The third-order valence-corrected chi connectivity index (χ3v) is 12.2. The van der Waals surface area contributed by atoms with Gasteiger partial charge >= 0.3 is 12.1 Å². The van der Waals surface area contributed by atoms with E-state index < -0.39 is 66.5 Å². The molecule has 2 fully saturated rings. The summed E-state index contributed by atoms with van der Waals surface area (Å²) in [4.78, 5) is 54.5. The van der Waals surface area contributed by atoms with Gasteiger partial charge in [0.25, 0.3) is 0 Å². The lowest BCUT2D eigenvalue weighted by Crippen LogP contribution is -2.56. The first kappa shape index (κ1) is 45.1. The second-order valence-corrected chi connectivity index (χ2v) is 16.0. The number of carboxylic acid groups (broad SMARTS) is 1. The molecule has 5 rings (SSSR count). The van der Waals surface area contributed by atoms with E-state index in [4.69, 9.17) is 30.3 Å². The number of fused-ring (bicyclic) bond motifs is 3. The molecule has 0 aliphatic heterocycles. The maximum absolute atomic E-state index is 14.1. The number of aliphatic hydroxyl groups excluding tert-OH is 5. The Labute approximate surface area is 332 Å². The number of rotatable bonds is 17. The second kappa shape index (κ2) is 19.2. The summed E-state index contributed by atoms with van der Waals surface area (Å²) < 4.78 is 6.09. The maximum atomic E-state index is 14.1. The number of likely N-dealkylation sites (N-methyl/N-ethyl adjacent to an activating group) is 1. The number of ether oxygens (including phenoxy) is 1. The minimum absolute atomic E-state index is 0.00684. The number of alkyl carbamates (subject to hydrolysis) is 1. The second-order valence-electron chi connectivity index (χ2n) is 16.0. The highest BCUT2D eigenvalue weighted by Crippen LogP contribution is 2.66. The number of hydrogen-bond acceptors (Lipinski definition) is 11. The molecule has 0 radical (unpaired) electrons. The van der Waals surface area contributed by atoms with Gasteiger partial charge in [0.05, 0.1) is 25.2 Å². The Morgan fingerprint density at radius 1 is 0.930 bits per heavy atom. The molecule has 0 spiro atoms. The number of carbonyl (C=O) groups excluding carboxylic acids is 3. The van der Waals surface area contributed by atoms with Crippen molar-refractivity contribution in [2.24, 2.45) is 16.7 Å². The van der Waals surface area contributed by atoms with Crippen LogP contribution in [0.3, 0.4) is 0 Å². The van der Waals surface area contributed by atoms with E-state index in [2.05, 4.69) is 47.0 Å². The van der Waals surface area contributed by atoms with Gasteiger partial charge in [-0.05, 0) is 56.2 Å². The number of aliphatic hydroxyl groups is 5. The maximum Gasteiger partial charge on any atom is 0.408 e. The lowest BCUT2D eigenvalue weighted by Gasteiger charge is -2.39. The lowest BCUT2D eigenvalue weighted by molar-refractivity contribution is -0.138. The van der Waals surface area contributed by atoms with Crippen molar-refractivity contribution in [3.05, 3.63) is 71.9 Å². The quantitative estimate of drug-likeness (QED) is 0.0935. The van der Waals surface area contributed by atoms with E-state index in [-0.39, 0.29) is 42.9 Å². The molecule has 1 aromatic heterocycles. The normalized spacial score (nSPS) is 23.1. The summed E-state index contributed by atoms with van der Waals surface area (Å²) in [7, 11) is 1.57. The highest BCUT2D eigenvalue weighted by Gasteiger charge is 2.63. The summed E-state index contributed by atoms with van der Waals surface area (Å²) in [6.07, 6.45) is -2.43. The number of nitrogens with one attached hydrogen (secondary N) is 5. The van der Waals surface area contributed by atoms with E-state index in [0.717, 1.165) is 35.7 Å². The van der Waals surface area contributed by atoms with Crippen molar-refractivity contribution in [3.8, 4) is 0 Å². The van der Waals surface area contributed by atoms with E-state index in [0.29, 0.717) is 11.5 Å². The molecular weight excluding hydrogens is 738 g/mol. The monoisotopic (exact) mass is 797 g/mol. The van der Waals surface area contributed by atoms with Gasteiger partial charge in [0.1, 0.15) is 30.0 Å². The molecule has 57 heavy (non-hydrogen) atoms. The molecule has 2 aliphatic carbocycles. The number of H-pyrrole nitrogens is 1. The summed E-state index contributed by atoms with van der Waals surface area (Å²) in [5.74, 6) is -1.52. The van der Waals surface area contributed by atoms with Gasteiger partial charge in [-0.1, -0.05) is 69.3 Å². The van der Waals surface area contributed by atoms with Crippen molar-refractivity contribution < 1.29 is 54.6 Å². The number of aromatic amines is 1. The summed E-state index contributed by atoms with van der Waals surface area (Å²) in [5.41, 5.74) is 0.507. The molecule has 2 saturated carbocycles. The van der Waals surface area contributed by atoms with E-state index >= 15 is 0 Å². The van der Waals surface area contributed by atoms with Gasteiger partial charge < -0.3 is 61.6 Å². The fourth-order valence-corrected chi connectivity index (χ4v) is 8.09. The van der Waals surface area contributed by atoms with Crippen LogP contribution in [0.4, 0.5) is 4.79 Å². The third-order valence-electron chi connectivity index (χ3n) is 12.2. The van der Waals surface area contributed by atoms with Gasteiger partial charge in [-0.2, -0.15) is 0 Å². The number of hydrogen-bond donors (Lipinski definition) is 11. The van der Waals surface area contributed by atoms with Crippen LogP contribution in [0.5, 0.6) is 0 Å². The Kier molecular flexibility index (Phi) is 15.2. The Morgan fingerprint density at radius 2 is 1.58 bits per heavy atom. The average Bonchev–Trinajstić information content (AvgIpc) is 3.78. The van der Waals surface area contributed by atoms with Crippen molar-refractivity contribution in [2.45, 2.75) is 102 Å². The lowest BCUT2D eigenvalue weighted by atomic mass is 9.70. The van der Waals surface area contributed by atoms with E-state index in [1.165, 1.54) is 0 Å². The third kappa shape index (κ3) is 10.3. The molecule has 9 atom stereocenters. The minimum Gasteiger partial charge on any atom is -0.481 e. The minimum atomic E-state index is -1.55. The zero-order valence-corrected chi connectivity index (χ0v) is 33.2. The van der Waals surface area contributed by atoms with Crippen LogP contribution in [0.2, 0.25) is 0 Å². The van der Waals surface area contributed by atoms with Gasteiger partial charge in [-0.15, -0.1) is 0 Å². The molecule has 0 unspecified atom stereocenters. The number of aromatic nitrogens is 1. The summed E-state index contributed by atoms with van der Waals surface area (Å²) in [5, 5.41) is 65.9. The van der Waals surface area contributed by atoms with Crippen molar-refractivity contribution in [1.82, 2.24) is 26.3 Å². The standard InChI is InChI=1S/C34H42N4O6.C7H17NO5/c1-32(2)22-16-17-33(32,3)27(18-22)44-31(43)38-34(4,24-19-35-25-13-9-8-12-23(24)25)30(42)36-20-26(21-10-6-5-7-11-21)37-28(39)14-15-29(40)41;1-8-2-4(10)6(12)7(13)5(11)3-9/h5-13,19,22,26-27,35H,14-18,20H2,1-4H3,(H,36,42)(H,37,39)(H,38,43)(H,40,41);4-13H,2-3H2,1H3/t22-,26-,27+,33+,34+;4-,5+,6+,7+/m00/s1. The van der Waals surface area contributed by atoms with Gasteiger partial charge in [0, 0.05) is 47.6 Å². The highest BCUT2D eigenvalue weighted by atomic mass is 16.6. The van der Waals surface area contributed by atoms with E-state index in [9.17, 15) is 24.3 Å². The Bertz CT molecular complexity index is 1820. The number of carboxylic acids is 1. The first-order valence-corrected chi connectivity index (χ1v) is 19.3. The fraction of sp³-hybridized carbons (Fsp3) is 0.561. The highest BCUT2D eigenvalue weighted by molar-refractivity contribution is 5.96. The van der Waals surface area contributed by atoms with Crippen LogP contribution in [0.25, 0.3) is 10.9 Å². The number of aliphatic carboxylic acids is 1. The van der Waals surface area contributed by atoms with E-state index in [1.807, 2.05) is 54.6 Å². The Morgan fingerprint density at radius 3 is 2.18 bits per heavy atom.